The van der Waals surface area contributed by atoms with Crippen molar-refractivity contribution in [3.8, 4) is 0 Å². The number of fused-ring (bicyclic) bond motifs is 1. The summed E-state index contributed by atoms with van der Waals surface area (Å²) in [6, 6.07) is 8.04. The van der Waals surface area contributed by atoms with Crippen LogP contribution in [0.25, 0.3) is 10.9 Å². The van der Waals surface area contributed by atoms with Crippen molar-refractivity contribution in [2.24, 2.45) is 0 Å². The molecule has 1 aliphatic heterocycles. The van der Waals surface area contributed by atoms with E-state index in [1.165, 1.54) is 0 Å². The van der Waals surface area contributed by atoms with Gasteiger partial charge in [-0.15, -0.1) is 0 Å². The Balaban J connectivity index is 1.64. The molecule has 0 saturated carbocycles. The van der Waals surface area contributed by atoms with Crippen LogP contribution in [0.3, 0.4) is 0 Å². The van der Waals surface area contributed by atoms with E-state index >= 15 is 0 Å². The van der Waals surface area contributed by atoms with E-state index in [1.807, 2.05) is 40.0 Å². The van der Waals surface area contributed by atoms with Gasteiger partial charge >= 0.3 is 0 Å². The first-order valence-electron chi connectivity index (χ1n) is 6.61. The number of rotatable bonds is 3. The molecule has 100 valence electrons. The van der Waals surface area contributed by atoms with Gasteiger partial charge in [0, 0.05) is 24.9 Å². The van der Waals surface area contributed by atoms with Crippen LogP contribution in [0.2, 0.25) is 0 Å². The van der Waals surface area contributed by atoms with Crippen LogP contribution in [-0.4, -0.2) is 46.9 Å². The number of nitrogens with zero attached hydrogens (tertiary/aromatic N) is 3. The molecule has 19 heavy (non-hydrogen) atoms. The van der Waals surface area contributed by atoms with Crippen molar-refractivity contribution in [1.29, 1.82) is 0 Å². The van der Waals surface area contributed by atoms with Crippen LogP contribution in [0, 0.1) is 0 Å². The Kier molecular flexibility index (Phi) is 3.46. The Morgan fingerprint density at radius 3 is 2.89 bits per heavy atom. The molecule has 1 saturated heterocycles. The van der Waals surface area contributed by atoms with E-state index in [4.69, 9.17) is 4.74 Å². The second-order valence-corrected chi connectivity index (χ2v) is 4.67. The number of hydrogen-bond donors (Lipinski definition) is 0. The maximum atomic E-state index is 12.1. The molecule has 1 aromatic heterocycles. The molecule has 3 rings (SSSR count). The zero-order valence-electron chi connectivity index (χ0n) is 10.8. The maximum Gasteiger partial charge on any atom is 0.224 e. The maximum absolute atomic E-state index is 12.1. The van der Waals surface area contributed by atoms with E-state index in [9.17, 15) is 4.79 Å². The van der Waals surface area contributed by atoms with Crippen LogP contribution in [0.1, 0.15) is 6.42 Å². The average Bonchev–Trinajstić information content (AvgIpc) is 2.89. The summed E-state index contributed by atoms with van der Waals surface area (Å²) < 4.78 is 7.14. The largest absolute Gasteiger partial charge is 0.378 e. The molecule has 2 heterocycles. The van der Waals surface area contributed by atoms with Crippen LogP contribution < -0.4 is 0 Å². The lowest BCUT2D eigenvalue weighted by Crippen LogP contribution is -2.41. The van der Waals surface area contributed by atoms with Crippen LogP contribution in [0.5, 0.6) is 0 Å². The lowest BCUT2D eigenvalue weighted by Gasteiger charge is -2.26. The first-order valence-corrected chi connectivity index (χ1v) is 6.61. The summed E-state index contributed by atoms with van der Waals surface area (Å²) in [5, 5.41) is 5.45. The first-order chi connectivity index (χ1) is 9.34. The fraction of sp³-hybridized carbons (Fsp3) is 0.429. The second-order valence-electron chi connectivity index (χ2n) is 4.67. The third kappa shape index (κ3) is 2.61. The Hall–Kier alpha value is -1.88. The molecule has 0 atom stereocenters. The summed E-state index contributed by atoms with van der Waals surface area (Å²) in [7, 11) is 0. The molecule has 0 N–H and O–H groups in total. The predicted octanol–water partition coefficient (Wildman–Crippen LogP) is 1.29. The Labute approximate surface area is 111 Å². The van der Waals surface area contributed by atoms with Crippen LogP contribution >= 0.6 is 0 Å². The monoisotopic (exact) mass is 259 g/mol. The van der Waals surface area contributed by atoms with Crippen LogP contribution in [0.4, 0.5) is 0 Å². The van der Waals surface area contributed by atoms with Gasteiger partial charge in [-0.2, -0.15) is 5.10 Å². The third-order valence-corrected chi connectivity index (χ3v) is 3.45. The molecule has 0 aliphatic carbocycles. The highest BCUT2D eigenvalue weighted by Crippen LogP contribution is 2.13. The number of morpholine rings is 1. The molecule has 1 aliphatic rings. The lowest BCUT2D eigenvalue weighted by molar-refractivity contribution is -0.135. The minimum absolute atomic E-state index is 0.183. The number of benzene rings is 1. The molecule has 5 heteroatoms. The molecule has 1 aromatic carbocycles. The SMILES string of the molecule is O=C(CCn1ncc2ccccc21)N1CCOCC1. The Bertz CT molecular complexity index is 573. The number of carbonyl (C=O) groups excluding carboxylic acids is 1. The summed E-state index contributed by atoms with van der Waals surface area (Å²) in [5.41, 5.74) is 1.08. The molecule has 0 bridgehead atoms. The number of carbonyl (C=O) groups is 1. The van der Waals surface area contributed by atoms with Crippen molar-refractivity contribution in [2.45, 2.75) is 13.0 Å². The molecule has 1 amide bonds. The van der Waals surface area contributed by atoms with Gasteiger partial charge in [0.1, 0.15) is 0 Å². The summed E-state index contributed by atoms with van der Waals surface area (Å²) in [6.45, 7) is 3.34. The number of amides is 1. The smallest absolute Gasteiger partial charge is 0.224 e. The van der Waals surface area contributed by atoms with E-state index in [0.717, 1.165) is 10.9 Å². The lowest BCUT2D eigenvalue weighted by atomic mass is 10.2. The topological polar surface area (TPSA) is 47.4 Å². The summed E-state index contributed by atoms with van der Waals surface area (Å²) >= 11 is 0. The minimum Gasteiger partial charge on any atom is -0.378 e. The van der Waals surface area contributed by atoms with Crippen molar-refractivity contribution in [2.75, 3.05) is 26.3 Å². The van der Waals surface area contributed by atoms with Gasteiger partial charge in [-0.25, -0.2) is 0 Å². The number of hydrogen-bond acceptors (Lipinski definition) is 3. The van der Waals surface area contributed by atoms with E-state index < -0.39 is 0 Å². The molecule has 1 fully saturated rings. The third-order valence-electron chi connectivity index (χ3n) is 3.45. The Morgan fingerprint density at radius 1 is 1.26 bits per heavy atom. The van der Waals surface area contributed by atoms with E-state index in [-0.39, 0.29) is 5.91 Å². The molecule has 0 radical (unpaired) electrons. The van der Waals surface area contributed by atoms with Crippen molar-refractivity contribution in [3.63, 3.8) is 0 Å². The summed E-state index contributed by atoms with van der Waals surface area (Å²) in [4.78, 5) is 13.9. The molecule has 5 nitrogen and oxygen atoms in total. The van der Waals surface area contributed by atoms with Gasteiger partial charge in [-0.1, -0.05) is 18.2 Å². The summed E-state index contributed by atoms with van der Waals surface area (Å²) in [5.74, 6) is 0.183. The normalized spacial score (nSPS) is 15.9. The number of aromatic nitrogens is 2. The average molecular weight is 259 g/mol. The highest BCUT2D eigenvalue weighted by Gasteiger charge is 2.16. The second kappa shape index (κ2) is 5.40. The molecule has 2 aromatic rings. The van der Waals surface area contributed by atoms with Crippen molar-refractivity contribution < 1.29 is 9.53 Å². The van der Waals surface area contributed by atoms with Crippen LogP contribution in [-0.2, 0) is 16.1 Å². The standard InChI is InChI=1S/C14H17N3O2/c18-14(16-7-9-19-10-8-16)5-6-17-13-4-2-1-3-12(13)11-15-17/h1-4,11H,5-10H2. The molecule has 0 spiro atoms. The zero-order chi connectivity index (χ0) is 13.1. The fourth-order valence-corrected chi connectivity index (χ4v) is 2.38. The summed E-state index contributed by atoms with van der Waals surface area (Å²) in [6.07, 6.45) is 2.33. The van der Waals surface area contributed by atoms with E-state index in [1.54, 1.807) is 0 Å². The van der Waals surface area contributed by atoms with Gasteiger partial charge in [0.15, 0.2) is 0 Å². The van der Waals surface area contributed by atoms with Crippen molar-refractivity contribution >= 4 is 16.8 Å². The van der Waals surface area contributed by atoms with Gasteiger partial charge < -0.3 is 9.64 Å². The van der Waals surface area contributed by atoms with Gasteiger partial charge in [0.05, 0.1) is 31.5 Å². The number of ether oxygens (including phenoxy) is 1. The van der Waals surface area contributed by atoms with Gasteiger partial charge in [0.25, 0.3) is 0 Å². The van der Waals surface area contributed by atoms with Crippen molar-refractivity contribution in [3.05, 3.63) is 30.5 Å². The van der Waals surface area contributed by atoms with Crippen LogP contribution in [0.15, 0.2) is 30.5 Å². The number of aryl methyl sites for hydroxylation is 1. The van der Waals surface area contributed by atoms with E-state index in [0.29, 0.717) is 39.3 Å². The van der Waals surface area contributed by atoms with Gasteiger partial charge in [0.2, 0.25) is 5.91 Å². The van der Waals surface area contributed by atoms with Gasteiger partial charge in [-0.3, -0.25) is 9.48 Å². The Morgan fingerprint density at radius 2 is 2.05 bits per heavy atom. The molecule has 0 unspecified atom stereocenters. The highest BCUT2D eigenvalue weighted by atomic mass is 16.5. The predicted molar refractivity (Wildman–Crippen MR) is 71.7 cm³/mol. The highest BCUT2D eigenvalue weighted by molar-refractivity contribution is 5.79. The number of para-hydroxylation sites is 1. The van der Waals surface area contributed by atoms with Gasteiger partial charge in [-0.05, 0) is 6.07 Å². The van der Waals surface area contributed by atoms with Crippen molar-refractivity contribution in [1.82, 2.24) is 14.7 Å². The van der Waals surface area contributed by atoms with E-state index in [2.05, 4.69) is 5.10 Å². The fourth-order valence-electron chi connectivity index (χ4n) is 2.38. The quantitative estimate of drug-likeness (QED) is 0.834. The molecular weight excluding hydrogens is 242 g/mol. The minimum atomic E-state index is 0.183. The zero-order valence-corrected chi connectivity index (χ0v) is 10.8. The molecular formula is C14H17N3O2. The first kappa shape index (κ1) is 12.2.